The molecule has 0 saturated heterocycles. The Labute approximate surface area is 75.4 Å². The predicted octanol–water partition coefficient (Wildman–Crippen LogP) is -0.760. The standard InChI is InChI=1S/C7H11N3O3/c1-10(2)3-5(7(12)13)6(8)9-4-11/h3-4H,1-2H3,(H,12,13)(H2,8,9,11)/b5-3+. The molecule has 0 heterocycles. The molecular weight excluding hydrogens is 174 g/mol. The zero-order valence-corrected chi connectivity index (χ0v) is 7.37. The van der Waals surface area contributed by atoms with Crippen LogP contribution >= 0.6 is 0 Å². The van der Waals surface area contributed by atoms with Crippen LogP contribution in [-0.2, 0) is 9.59 Å². The lowest BCUT2D eigenvalue weighted by atomic mass is 10.2. The van der Waals surface area contributed by atoms with Gasteiger partial charge in [-0.05, 0) is 0 Å². The Balaban J connectivity index is 4.71. The summed E-state index contributed by atoms with van der Waals surface area (Å²) < 4.78 is 0. The summed E-state index contributed by atoms with van der Waals surface area (Å²) in [5.41, 5.74) is -0.267. The number of nitrogens with one attached hydrogen (secondary N) is 2. The highest BCUT2D eigenvalue weighted by atomic mass is 16.4. The van der Waals surface area contributed by atoms with E-state index in [1.807, 2.05) is 5.32 Å². The predicted molar refractivity (Wildman–Crippen MR) is 46.3 cm³/mol. The summed E-state index contributed by atoms with van der Waals surface area (Å²) >= 11 is 0. The monoisotopic (exact) mass is 185 g/mol. The van der Waals surface area contributed by atoms with Crippen LogP contribution in [0.5, 0.6) is 0 Å². The van der Waals surface area contributed by atoms with E-state index in [0.29, 0.717) is 0 Å². The topological polar surface area (TPSA) is 93.5 Å². The smallest absolute Gasteiger partial charge is 0.340 e. The van der Waals surface area contributed by atoms with Gasteiger partial charge in [0.15, 0.2) is 0 Å². The number of carbonyl (C=O) groups excluding carboxylic acids is 1. The number of amidine groups is 1. The molecule has 3 N–H and O–H groups in total. The van der Waals surface area contributed by atoms with Crippen molar-refractivity contribution < 1.29 is 14.7 Å². The van der Waals surface area contributed by atoms with Crippen LogP contribution in [0.25, 0.3) is 0 Å². The third kappa shape index (κ3) is 3.90. The number of carboxylic acid groups (broad SMARTS) is 1. The Kier molecular flexibility index (Phi) is 4.21. The molecule has 0 aliphatic heterocycles. The molecular formula is C7H11N3O3. The largest absolute Gasteiger partial charge is 0.478 e. The Hall–Kier alpha value is -1.85. The van der Waals surface area contributed by atoms with Crippen molar-refractivity contribution in [3.63, 3.8) is 0 Å². The van der Waals surface area contributed by atoms with Gasteiger partial charge in [-0.1, -0.05) is 0 Å². The van der Waals surface area contributed by atoms with Crippen molar-refractivity contribution >= 4 is 18.2 Å². The molecule has 0 aromatic heterocycles. The quantitative estimate of drug-likeness (QED) is 0.232. The second-order valence-electron chi connectivity index (χ2n) is 2.45. The van der Waals surface area contributed by atoms with Gasteiger partial charge in [-0.15, -0.1) is 0 Å². The van der Waals surface area contributed by atoms with Gasteiger partial charge in [0.25, 0.3) is 0 Å². The molecule has 0 aliphatic rings. The Bertz CT molecular complexity index is 258. The van der Waals surface area contributed by atoms with E-state index in [1.165, 1.54) is 11.1 Å². The first-order valence-corrected chi connectivity index (χ1v) is 3.39. The maximum absolute atomic E-state index is 10.6. The summed E-state index contributed by atoms with van der Waals surface area (Å²) in [5.74, 6) is -1.69. The van der Waals surface area contributed by atoms with Crippen molar-refractivity contribution in [3.05, 3.63) is 11.8 Å². The molecule has 0 rings (SSSR count). The molecule has 0 aromatic carbocycles. The van der Waals surface area contributed by atoms with E-state index >= 15 is 0 Å². The molecule has 0 aliphatic carbocycles. The molecule has 13 heavy (non-hydrogen) atoms. The van der Waals surface area contributed by atoms with Crippen LogP contribution < -0.4 is 5.32 Å². The number of hydrogen-bond donors (Lipinski definition) is 3. The normalized spacial score (nSPS) is 10.5. The number of aliphatic carboxylic acids is 1. The van der Waals surface area contributed by atoms with Gasteiger partial charge < -0.3 is 15.3 Å². The van der Waals surface area contributed by atoms with Gasteiger partial charge in [0.2, 0.25) is 6.41 Å². The highest BCUT2D eigenvalue weighted by molar-refractivity contribution is 6.18. The first-order chi connectivity index (χ1) is 5.99. The summed E-state index contributed by atoms with van der Waals surface area (Å²) in [4.78, 5) is 22.0. The van der Waals surface area contributed by atoms with Crippen molar-refractivity contribution in [2.45, 2.75) is 0 Å². The first-order valence-electron chi connectivity index (χ1n) is 3.39. The molecule has 0 spiro atoms. The van der Waals surface area contributed by atoms with E-state index in [2.05, 4.69) is 0 Å². The van der Waals surface area contributed by atoms with Gasteiger partial charge in [-0.2, -0.15) is 0 Å². The lowest BCUT2D eigenvalue weighted by Crippen LogP contribution is -2.27. The molecule has 6 nitrogen and oxygen atoms in total. The SMILES string of the molecule is CN(C)/C=C(\C(=N)NC=O)C(=O)O. The Morgan fingerprint density at radius 1 is 1.54 bits per heavy atom. The summed E-state index contributed by atoms with van der Waals surface area (Å²) in [7, 11) is 3.24. The summed E-state index contributed by atoms with van der Waals surface area (Å²) in [6.07, 6.45) is 1.50. The van der Waals surface area contributed by atoms with Crippen LogP contribution in [0.4, 0.5) is 0 Å². The number of hydrogen-bond acceptors (Lipinski definition) is 4. The van der Waals surface area contributed by atoms with E-state index in [0.717, 1.165) is 0 Å². The van der Waals surface area contributed by atoms with Crippen molar-refractivity contribution in [1.82, 2.24) is 10.2 Å². The fraction of sp³-hybridized carbons (Fsp3) is 0.286. The summed E-state index contributed by atoms with van der Waals surface area (Å²) in [5, 5.41) is 17.7. The molecule has 1 amide bonds. The highest BCUT2D eigenvalue weighted by Crippen LogP contribution is 1.96. The van der Waals surface area contributed by atoms with Gasteiger partial charge >= 0.3 is 5.97 Å². The van der Waals surface area contributed by atoms with Gasteiger partial charge in [0.05, 0.1) is 0 Å². The molecule has 72 valence electrons. The van der Waals surface area contributed by atoms with Crippen molar-refractivity contribution in [2.75, 3.05) is 14.1 Å². The van der Waals surface area contributed by atoms with E-state index in [9.17, 15) is 9.59 Å². The number of amides is 1. The van der Waals surface area contributed by atoms with Crippen LogP contribution in [0.1, 0.15) is 0 Å². The number of carboxylic acids is 1. The van der Waals surface area contributed by atoms with Crippen molar-refractivity contribution in [3.8, 4) is 0 Å². The van der Waals surface area contributed by atoms with E-state index in [-0.39, 0.29) is 12.0 Å². The first kappa shape index (κ1) is 11.2. The van der Waals surface area contributed by atoms with Crippen LogP contribution in [0.2, 0.25) is 0 Å². The van der Waals surface area contributed by atoms with Crippen molar-refractivity contribution in [1.29, 1.82) is 5.41 Å². The van der Waals surface area contributed by atoms with Crippen molar-refractivity contribution in [2.24, 2.45) is 0 Å². The second kappa shape index (κ2) is 4.91. The minimum Gasteiger partial charge on any atom is -0.478 e. The van der Waals surface area contributed by atoms with E-state index in [1.54, 1.807) is 14.1 Å². The summed E-state index contributed by atoms with van der Waals surface area (Å²) in [6, 6.07) is 0. The van der Waals surface area contributed by atoms with Gasteiger partial charge in [0, 0.05) is 20.3 Å². The van der Waals surface area contributed by atoms with Gasteiger partial charge in [-0.3, -0.25) is 10.2 Å². The lowest BCUT2D eigenvalue weighted by Gasteiger charge is -2.08. The van der Waals surface area contributed by atoms with E-state index in [4.69, 9.17) is 10.5 Å². The number of carbonyl (C=O) groups is 2. The summed E-state index contributed by atoms with van der Waals surface area (Å²) in [6.45, 7) is 0. The zero-order valence-electron chi connectivity index (χ0n) is 7.37. The van der Waals surface area contributed by atoms with Crippen LogP contribution in [0.15, 0.2) is 11.8 Å². The minimum atomic E-state index is -1.26. The van der Waals surface area contributed by atoms with Gasteiger partial charge in [0.1, 0.15) is 11.4 Å². The van der Waals surface area contributed by atoms with Crippen LogP contribution in [0.3, 0.4) is 0 Å². The molecule has 0 aromatic rings. The maximum atomic E-state index is 10.6. The second-order valence-corrected chi connectivity index (χ2v) is 2.45. The minimum absolute atomic E-state index is 0.259. The Morgan fingerprint density at radius 3 is 2.38 bits per heavy atom. The van der Waals surface area contributed by atoms with Gasteiger partial charge in [-0.25, -0.2) is 4.79 Å². The number of rotatable bonds is 4. The maximum Gasteiger partial charge on any atom is 0.340 e. The Morgan fingerprint density at radius 2 is 2.08 bits per heavy atom. The molecule has 0 atom stereocenters. The third-order valence-corrected chi connectivity index (χ3v) is 1.09. The van der Waals surface area contributed by atoms with Crippen LogP contribution in [-0.4, -0.2) is 42.3 Å². The molecule has 0 unspecified atom stereocenters. The molecule has 6 heteroatoms. The number of nitrogens with zero attached hydrogens (tertiary/aromatic N) is 1. The van der Waals surface area contributed by atoms with Crippen LogP contribution in [0, 0.1) is 5.41 Å². The molecule has 0 saturated carbocycles. The highest BCUT2D eigenvalue weighted by Gasteiger charge is 2.13. The third-order valence-electron chi connectivity index (χ3n) is 1.09. The average molecular weight is 185 g/mol. The fourth-order valence-corrected chi connectivity index (χ4v) is 0.622. The van der Waals surface area contributed by atoms with E-state index < -0.39 is 11.8 Å². The average Bonchev–Trinajstić information content (AvgIpc) is 1.99. The molecule has 0 radical (unpaired) electrons. The lowest BCUT2D eigenvalue weighted by molar-refractivity contribution is -0.132. The fourth-order valence-electron chi connectivity index (χ4n) is 0.622. The molecule has 0 bridgehead atoms. The zero-order chi connectivity index (χ0) is 10.4. The molecule has 0 fully saturated rings.